The molecule has 0 amide bonds. The number of aromatic amines is 1. The van der Waals surface area contributed by atoms with Crippen molar-refractivity contribution in [2.45, 2.75) is 94.2 Å². The number of benzene rings is 1. The number of hydrogen-bond acceptors (Lipinski definition) is 4. The molecule has 2 aromatic heterocycles. The van der Waals surface area contributed by atoms with Gasteiger partial charge in [0.1, 0.15) is 5.78 Å². The Bertz CT molecular complexity index is 1080. The molecule has 4 rings (SSSR count). The highest BCUT2D eigenvalue weighted by atomic mass is 32.2. The van der Waals surface area contributed by atoms with E-state index in [0.717, 1.165) is 33.7 Å². The van der Waals surface area contributed by atoms with Gasteiger partial charge in [-0.05, 0) is 48.6 Å². The second-order valence-electron chi connectivity index (χ2n) is 10.2. The molecule has 32 heavy (non-hydrogen) atoms. The van der Waals surface area contributed by atoms with Gasteiger partial charge in [0.05, 0.1) is 22.4 Å². The van der Waals surface area contributed by atoms with Crippen LogP contribution in [0.15, 0.2) is 41.7 Å². The summed E-state index contributed by atoms with van der Waals surface area (Å²) in [5.74, 6) is 0.149. The van der Waals surface area contributed by atoms with Gasteiger partial charge in [-0.3, -0.25) is 4.79 Å². The van der Waals surface area contributed by atoms with Crippen molar-refractivity contribution in [1.82, 2.24) is 15.0 Å². The van der Waals surface area contributed by atoms with Gasteiger partial charge in [-0.25, -0.2) is 9.97 Å². The standard InChI is InChI=1S/C27H35N3OS/c1-18(20-10-13-22-23(16-20)29-17-28-22)24(31)14-11-19-12-15-25(27(2,3)4)30-26(19)32-21-8-6-5-7-9-21/h10,12-13,15-18,21H,5-9,11,14H2,1-4H3,(H,28,29). The summed E-state index contributed by atoms with van der Waals surface area (Å²) in [5, 5.41) is 1.80. The Kier molecular flexibility index (Phi) is 7.04. The smallest absolute Gasteiger partial charge is 0.140 e. The minimum Gasteiger partial charge on any atom is -0.345 e. The lowest BCUT2D eigenvalue weighted by Crippen LogP contribution is -2.16. The van der Waals surface area contributed by atoms with E-state index in [0.29, 0.717) is 11.7 Å². The Morgan fingerprint density at radius 2 is 1.94 bits per heavy atom. The Labute approximate surface area is 196 Å². The average Bonchev–Trinajstić information content (AvgIpc) is 3.25. The van der Waals surface area contributed by atoms with Crippen LogP contribution in [0.5, 0.6) is 0 Å². The lowest BCUT2D eigenvalue weighted by molar-refractivity contribution is -0.120. The van der Waals surface area contributed by atoms with E-state index >= 15 is 0 Å². The highest BCUT2D eigenvalue weighted by Gasteiger charge is 2.22. The number of hydrogen-bond donors (Lipinski definition) is 1. The number of imidazole rings is 1. The zero-order chi connectivity index (χ0) is 22.7. The van der Waals surface area contributed by atoms with Crippen LogP contribution in [-0.2, 0) is 16.6 Å². The van der Waals surface area contributed by atoms with Crippen LogP contribution in [0.1, 0.15) is 89.0 Å². The van der Waals surface area contributed by atoms with Crippen LogP contribution in [0, 0.1) is 0 Å². The van der Waals surface area contributed by atoms with E-state index in [1.807, 2.05) is 30.8 Å². The lowest BCUT2D eigenvalue weighted by Gasteiger charge is -2.24. The molecule has 3 aromatic rings. The second kappa shape index (κ2) is 9.78. The molecule has 0 radical (unpaired) electrons. The fraction of sp³-hybridized carbons (Fsp3) is 0.519. The highest BCUT2D eigenvalue weighted by Crippen LogP contribution is 2.36. The summed E-state index contributed by atoms with van der Waals surface area (Å²) in [5.41, 5.74) is 5.34. The topological polar surface area (TPSA) is 58.6 Å². The molecule has 5 heteroatoms. The van der Waals surface area contributed by atoms with Crippen molar-refractivity contribution in [2.75, 3.05) is 0 Å². The normalized spacial score (nSPS) is 16.4. The molecule has 0 saturated heterocycles. The Hall–Kier alpha value is -2.14. The summed E-state index contributed by atoms with van der Waals surface area (Å²) in [6, 6.07) is 10.4. The molecule has 2 heterocycles. The third-order valence-electron chi connectivity index (χ3n) is 6.61. The average molecular weight is 450 g/mol. The molecular formula is C27H35N3OS. The van der Waals surface area contributed by atoms with Gasteiger partial charge in [0.25, 0.3) is 0 Å². The van der Waals surface area contributed by atoms with Crippen molar-refractivity contribution in [3.05, 3.63) is 53.5 Å². The van der Waals surface area contributed by atoms with Crippen LogP contribution in [0.3, 0.4) is 0 Å². The molecule has 1 fully saturated rings. The van der Waals surface area contributed by atoms with E-state index in [2.05, 4.69) is 48.9 Å². The summed E-state index contributed by atoms with van der Waals surface area (Å²) in [4.78, 5) is 25.6. The number of fused-ring (bicyclic) bond motifs is 1. The first-order chi connectivity index (χ1) is 15.3. The number of thioether (sulfide) groups is 1. The van der Waals surface area contributed by atoms with Crippen LogP contribution in [0.25, 0.3) is 11.0 Å². The Morgan fingerprint density at radius 1 is 1.16 bits per heavy atom. The van der Waals surface area contributed by atoms with E-state index in [9.17, 15) is 4.79 Å². The van der Waals surface area contributed by atoms with Crippen LogP contribution in [0.4, 0.5) is 0 Å². The van der Waals surface area contributed by atoms with Crippen molar-refractivity contribution in [2.24, 2.45) is 0 Å². The summed E-state index contributed by atoms with van der Waals surface area (Å²) in [7, 11) is 0. The molecule has 0 bridgehead atoms. The molecule has 1 aromatic carbocycles. The van der Waals surface area contributed by atoms with E-state index in [1.54, 1.807) is 6.33 Å². The van der Waals surface area contributed by atoms with Gasteiger partial charge in [-0.2, -0.15) is 0 Å². The Balaban J connectivity index is 1.48. The first-order valence-electron chi connectivity index (χ1n) is 11.9. The van der Waals surface area contributed by atoms with Gasteiger partial charge in [0.15, 0.2) is 0 Å². The van der Waals surface area contributed by atoms with Crippen molar-refractivity contribution in [3.63, 3.8) is 0 Å². The van der Waals surface area contributed by atoms with Crippen molar-refractivity contribution < 1.29 is 4.79 Å². The maximum Gasteiger partial charge on any atom is 0.140 e. The molecule has 1 saturated carbocycles. The monoisotopic (exact) mass is 449 g/mol. The second-order valence-corrected chi connectivity index (χ2v) is 11.4. The fourth-order valence-corrected chi connectivity index (χ4v) is 5.76. The maximum absolute atomic E-state index is 13.1. The van der Waals surface area contributed by atoms with Gasteiger partial charge in [0.2, 0.25) is 0 Å². The highest BCUT2D eigenvalue weighted by molar-refractivity contribution is 7.99. The number of aromatic nitrogens is 3. The molecule has 1 aliphatic rings. The van der Waals surface area contributed by atoms with E-state index in [1.165, 1.54) is 37.7 Å². The van der Waals surface area contributed by atoms with Crippen molar-refractivity contribution in [3.8, 4) is 0 Å². The molecule has 1 atom stereocenters. The summed E-state index contributed by atoms with van der Waals surface area (Å²) < 4.78 is 0. The number of pyridine rings is 1. The van der Waals surface area contributed by atoms with Gasteiger partial charge in [-0.1, -0.05) is 59.1 Å². The van der Waals surface area contributed by atoms with Gasteiger partial charge >= 0.3 is 0 Å². The number of carbonyl (C=O) groups is 1. The van der Waals surface area contributed by atoms with Crippen LogP contribution in [-0.4, -0.2) is 26.0 Å². The molecule has 4 nitrogen and oxygen atoms in total. The number of nitrogens with zero attached hydrogens (tertiary/aromatic N) is 2. The molecule has 0 aliphatic heterocycles. The summed E-state index contributed by atoms with van der Waals surface area (Å²) in [6.45, 7) is 8.65. The van der Waals surface area contributed by atoms with Gasteiger partial charge < -0.3 is 4.98 Å². The summed E-state index contributed by atoms with van der Waals surface area (Å²) >= 11 is 1.95. The SMILES string of the molecule is CC(C(=O)CCc1ccc(C(C)(C)C)nc1SC1CCCCC1)c1ccc2nc[nH]c2c1. The minimum absolute atomic E-state index is 0.0239. The van der Waals surface area contributed by atoms with Crippen molar-refractivity contribution in [1.29, 1.82) is 0 Å². The summed E-state index contributed by atoms with van der Waals surface area (Å²) in [6.07, 6.45) is 9.54. The molecule has 1 aliphatic carbocycles. The molecule has 0 spiro atoms. The molecular weight excluding hydrogens is 414 g/mol. The lowest BCUT2D eigenvalue weighted by atomic mass is 9.90. The predicted octanol–water partition coefficient (Wildman–Crippen LogP) is 6.99. The van der Waals surface area contributed by atoms with E-state index < -0.39 is 0 Å². The quantitative estimate of drug-likeness (QED) is 0.422. The molecule has 1 N–H and O–H groups in total. The number of H-pyrrole nitrogens is 1. The third kappa shape index (κ3) is 5.43. The first-order valence-corrected chi connectivity index (χ1v) is 12.8. The van der Waals surface area contributed by atoms with Crippen LogP contribution < -0.4 is 0 Å². The molecule has 170 valence electrons. The van der Waals surface area contributed by atoms with E-state index in [4.69, 9.17) is 4.98 Å². The van der Waals surface area contributed by atoms with Crippen molar-refractivity contribution >= 4 is 28.6 Å². The first kappa shape index (κ1) is 23.0. The van der Waals surface area contributed by atoms with Gasteiger partial charge in [-0.15, -0.1) is 11.8 Å². The van der Waals surface area contributed by atoms with E-state index in [-0.39, 0.29) is 17.1 Å². The number of ketones is 1. The number of carbonyl (C=O) groups excluding carboxylic acids is 1. The maximum atomic E-state index is 13.1. The third-order valence-corrected chi connectivity index (χ3v) is 7.99. The Morgan fingerprint density at radius 3 is 2.69 bits per heavy atom. The number of Topliss-reactive ketones (excluding diaryl/α,β-unsaturated/α-hetero) is 1. The zero-order valence-electron chi connectivity index (χ0n) is 19.8. The van der Waals surface area contributed by atoms with Gasteiger partial charge in [0, 0.05) is 28.7 Å². The van der Waals surface area contributed by atoms with Crippen LogP contribution in [0.2, 0.25) is 0 Å². The number of rotatable bonds is 7. The fourth-order valence-electron chi connectivity index (χ4n) is 4.40. The van der Waals surface area contributed by atoms with Crippen LogP contribution >= 0.6 is 11.8 Å². The minimum atomic E-state index is -0.126. The molecule has 1 unspecified atom stereocenters. The largest absolute Gasteiger partial charge is 0.345 e. The predicted molar refractivity (Wildman–Crippen MR) is 134 cm³/mol. The number of aryl methyl sites for hydroxylation is 1. The zero-order valence-corrected chi connectivity index (χ0v) is 20.6. The number of nitrogens with one attached hydrogen (secondary N) is 1.